The van der Waals surface area contributed by atoms with Gasteiger partial charge in [0.1, 0.15) is 0 Å². The first-order valence-corrected chi connectivity index (χ1v) is 7.36. The standard InChI is InChI=1S/C14H19N3S/c1-4-17-12(9-10-16-17)14(15-2)11-7-5-6-8-13(11)18-3/h5-10,14-15H,4H2,1-3H3. The average molecular weight is 261 g/mol. The Morgan fingerprint density at radius 2 is 2.11 bits per heavy atom. The van der Waals surface area contributed by atoms with Crippen LogP contribution in [0.5, 0.6) is 0 Å². The van der Waals surface area contributed by atoms with Gasteiger partial charge in [-0.05, 0) is 37.9 Å². The van der Waals surface area contributed by atoms with Crippen molar-refractivity contribution in [2.75, 3.05) is 13.3 Å². The Hall–Kier alpha value is -1.26. The molecule has 96 valence electrons. The summed E-state index contributed by atoms with van der Waals surface area (Å²) in [7, 11) is 1.99. The normalized spacial score (nSPS) is 12.6. The van der Waals surface area contributed by atoms with Crippen molar-refractivity contribution in [3.05, 3.63) is 47.8 Å². The number of benzene rings is 1. The lowest BCUT2D eigenvalue weighted by Crippen LogP contribution is -2.22. The van der Waals surface area contributed by atoms with E-state index in [9.17, 15) is 0 Å². The SMILES string of the molecule is CCn1nccc1C(NC)c1ccccc1SC. The Labute approximate surface area is 113 Å². The van der Waals surface area contributed by atoms with Crippen LogP contribution in [0.15, 0.2) is 41.4 Å². The van der Waals surface area contributed by atoms with Crippen LogP contribution in [0.3, 0.4) is 0 Å². The van der Waals surface area contributed by atoms with Gasteiger partial charge in [0.25, 0.3) is 0 Å². The van der Waals surface area contributed by atoms with E-state index in [0.717, 1.165) is 6.54 Å². The summed E-state index contributed by atoms with van der Waals surface area (Å²) in [5.74, 6) is 0. The highest BCUT2D eigenvalue weighted by Crippen LogP contribution is 2.29. The summed E-state index contributed by atoms with van der Waals surface area (Å²) in [6.07, 6.45) is 3.98. The molecule has 2 rings (SSSR count). The molecule has 3 nitrogen and oxygen atoms in total. The molecule has 0 aliphatic carbocycles. The van der Waals surface area contributed by atoms with Gasteiger partial charge in [0.2, 0.25) is 0 Å². The van der Waals surface area contributed by atoms with Crippen molar-refractivity contribution < 1.29 is 0 Å². The van der Waals surface area contributed by atoms with Crippen molar-refractivity contribution in [3.8, 4) is 0 Å². The van der Waals surface area contributed by atoms with Gasteiger partial charge in [0.15, 0.2) is 0 Å². The van der Waals surface area contributed by atoms with Crippen LogP contribution in [-0.4, -0.2) is 23.1 Å². The van der Waals surface area contributed by atoms with Crippen LogP contribution < -0.4 is 5.32 Å². The third-order valence-electron chi connectivity index (χ3n) is 3.08. The molecule has 0 bridgehead atoms. The molecule has 0 amide bonds. The lowest BCUT2D eigenvalue weighted by atomic mass is 10.0. The van der Waals surface area contributed by atoms with Crippen LogP contribution in [0, 0.1) is 0 Å². The summed E-state index contributed by atoms with van der Waals surface area (Å²) >= 11 is 1.78. The van der Waals surface area contributed by atoms with E-state index in [4.69, 9.17) is 0 Å². The van der Waals surface area contributed by atoms with Crippen molar-refractivity contribution >= 4 is 11.8 Å². The molecule has 18 heavy (non-hydrogen) atoms. The molecule has 2 aromatic rings. The van der Waals surface area contributed by atoms with Crippen LogP contribution in [0.25, 0.3) is 0 Å². The third kappa shape index (κ3) is 2.44. The first-order valence-electron chi connectivity index (χ1n) is 6.13. The molecule has 0 aliphatic heterocycles. The summed E-state index contributed by atoms with van der Waals surface area (Å²) in [5.41, 5.74) is 2.52. The zero-order chi connectivity index (χ0) is 13.0. The number of nitrogens with zero attached hydrogens (tertiary/aromatic N) is 2. The molecule has 0 radical (unpaired) electrons. The van der Waals surface area contributed by atoms with Crippen LogP contribution in [0.2, 0.25) is 0 Å². The molecule has 0 aliphatic rings. The Kier molecular flexibility index (Phi) is 4.44. The van der Waals surface area contributed by atoms with E-state index in [-0.39, 0.29) is 6.04 Å². The first kappa shape index (κ1) is 13.2. The van der Waals surface area contributed by atoms with Gasteiger partial charge in [0.05, 0.1) is 11.7 Å². The van der Waals surface area contributed by atoms with Crippen molar-refractivity contribution in [3.63, 3.8) is 0 Å². The molecular formula is C14H19N3S. The quantitative estimate of drug-likeness (QED) is 0.839. The van der Waals surface area contributed by atoms with Crippen LogP contribution in [0.1, 0.15) is 24.2 Å². The molecule has 0 saturated heterocycles. The highest BCUT2D eigenvalue weighted by atomic mass is 32.2. The molecule has 0 fully saturated rings. The Bertz CT molecular complexity index is 507. The maximum absolute atomic E-state index is 4.35. The third-order valence-corrected chi connectivity index (χ3v) is 3.89. The zero-order valence-corrected chi connectivity index (χ0v) is 11.9. The molecule has 0 saturated carbocycles. The predicted molar refractivity (Wildman–Crippen MR) is 77.0 cm³/mol. The zero-order valence-electron chi connectivity index (χ0n) is 11.1. The summed E-state index contributed by atoms with van der Waals surface area (Å²) in [4.78, 5) is 1.31. The van der Waals surface area contributed by atoms with Gasteiger partial charge in [-0.1, -0.05) is 18.2 Å². The smallest absolute Gasteiger partial charge is 0.0756 e. The van der Waals surface area contributed by atoms with E-state index in [1.807, 2.05) is 17.9 Å². The number of nitrogens with one attached hydrogen (secondary N) is 1. The average Bonchev–Trinajstić information content (AvgIpc) is 2.88. The number of aryl methyl sites for hydroxylation is 1. The predicted octanol–water partition coefficient (Wildman–Crippen LogP) is 2.93. The topological polar surface area (TPSA) is 29.9 Å². The second kappa shape index (κ2) is 6.07. The number of rotatable bonds is 5. The molecule has 1 aromatic heterocycles. The maximum Gasteiger partial charge on any atom is 0.0756 e. The highest BCUT2D eigenvalue weighted by Gasteiger charge is 2.18. The van der Waals surface area contributed by atoms with E-state index >= 15 is 0 Å². The summed E-state index contributed by atoms with van der Waals surface area (Å²) < 4.78 is 2.04. The van der Waals surface area contributed by atoms with Crippen LogP contribution in [0.4, 0.5) is 0 Å². The molecule has 1 aromatic carbocycles. The number of aromatic nitrogens is 2. The van der Waals surface area contributed by atoms with Crippen molar-refractivity contribution in [1.29, 1.82) is 0 Å². The summed E-state index contributed by atoms with van der Waals surface area (Å²) in [6, 6.07) is 10.8. The molecule has 0 spiro atoms. The summed E-state index contributed by atoms with van der Waals surface area (Å²) in [6.45, 7) is 3.01. The van der Waals surface area contributed by atoms with Gasteiger partial charge >= 0.3 is 0 Å². The Morgan fingerprint density at radius 1 is 1.33 bits per heavy atom. The van der Waals surface area contributed by atoms with Crippen LogP contribution >= 0.6 is 11.8 Å². The fraction of sp³-hybridized carbons (Fsp3) is 0.357. The van der Waals surface area contributed by atoms with E-state index < -0.39 is 0 Å². The van der Waals surface area contributed by atoms with E-state index in [1.54, 1.807) is 11.8 Å². The van der Waals surface area contributed by atoms with Crippen LogP contribution in [-0.2, 0) is 6.54 Å². The van der Waals surface area contributed by atoms with E-state index in [1.165, 1.54) is 16.2 Å². The number of thioether (sulfide) groups is 1. The van der Waals surface area contributed by atoms with Gasteiger partial charge in [-0.3, -0.25) is 4.68 Å². The lowest BCUT2D eigenvalue weighted by molar-refractivity contribution is 0.559. The fourth-order valence-corrected chi connectivity index (χ4v) is 2.86. The summed E-state index contributed by atoms with van der Waals surface area (Å²) in [5, 5.41) is 7.75. The molecule has 1 heterocycles. The van der Waals surface area contributed by atoms with E-state index in [0.29, 0.717) is 0 Å². The molecular weight excluding hydrogens is 242 g/mol. The second-order valence-electron chi connectivity index (χ2n) is 4.04. The largest absolute Gasteiger partial charge is 0.308 e. The highest BCUT2D eigenvalue weighted by molar-refractivity contribution is 7.98. The molecule has 1 N–H and O–H groups in total. The lowest BCUT2D eigenvalue weighted by Gasteiger charge is -2.20. The second-order valence-corrected chi connectivity index (χ2v) is 4.88. The number of hydrogen-bond acceptors (Lipinski definition) is 3. The van der Waals surface area contributed by atoms with Gasteiger partial charge < -0.3 is 5.32 Å². The minimum absolute atomic E-state index is 0.191. The van der Waals surface area contributed by atoms with Gasteiger partial charge in [0, 0.05) is 17.6 Å². The molecule has 1 unspecified atom stereocenters. The Morgan fingerprint density at radius 3 is 2.78 bits per heavy atom. The fourth-order valence-electron chi connectivity index (χ4n) is 2.22. The maximum atomic E-state index is 4.35. The first-order chi connectivity index (χ1) is 8.81. The minimum atomic E-state index is 0.191. The molecule has 1 atom stereocenters. The van der Waals surface area contributed by atoms with Crippen molar-refractivity contribution in [1.82, 2.24) is 15.1 Å². The van der Waals surface area contributed by atoms with Gasteiger partial charge in [-0.25, -0.2) is 0 Å². The van der Waals surface area contributed by atoms with E-state index in [2.05, 4.69) is 53.9 Å². The number of hydrogen-bond donors (Lipinski definition) is 1. The van der Waals surface area contributed by atoms with Gasteiger partial charge in [-0.15, -0.1) is 11.8 Å². The Balaban J connectivity index is 2.45. The monoisotopic (exact) mass is 261 g/mol. The van der Waals surface area contributed by atoms with Crippen molar-refractivity contribution in [2.45, 2.75) is 24.4 Å². The minimum Gasteiger partial charge on any atom is -0.308 e. The van der Waals surface area contributed by atoms with Crippen molar-refractivity contribution in [2.24, 2.45) is 0 Å². The van der Waals surface area contributed by atoms with Gasteiger partial charge in [-0.2, -0.15) is 5.10 Å². The molecule has 4 heteroatoms.